The van der Waals surface area contributed by atoms with Crippen molar-refractivity contribution in [3.05, 3.63) is 59.7 Å². The van der Waals surface area contributed by atoms with Crippen LogP contribution in [0.15, 0.2) is 54.1 Å². The van der Waals surface area contributed by atoms with Crippen LogP contribution in [0.5, 0.6) is 0 Å². The molecule has 0 spiro atoms. The quantitative estimate of drug-likeness (QED) is 0.760. The molecule has 1 aromatic rings. The number of nitrogens with one attached hydrogen (secondary N) is 1. The molecule has 1 nitrogen and oxygen atoms in total. The van der Waals surface area contributed by atoms with E-state index in [0.717, 1.165) is 19.5 Å². The van der Waals surface area contributed by atoms with Crippen molar-refractivity contribution in [3.63, 3.8) is 0 Å². The molecule has 0 unspecified atom stereocenters. The van der Waals surface area contributed by atoms with Crippen LogP contribution in [0.3, 0.4) is 0 Å². The van der Waals surface area contributed by atoms with Crippen molar-refractivity contribution < 1.29 is 0 Å². The van der Waals surface area contributed by atoms with Gasteiger partial charge in [-0.15, -0.1) is 0 Å². The summed E-state index contributed by atoms with van der Waals surface area (Å²) >= 11 is 0. The van der Waals surface area contributed by atoms with Gasteiger partial charge in [0.2, 0.25) is 0 Å². The molecule has 2 rings (SSSR count). The minimum atomic E-state index is 0.957. The Morgan fingerprint density at radius 3 is 2.64 bits per heavy atom. The first kappa shape index (κ1) is 9.22. The summed E-state index contributed by atoms with van der Waals surface area (Å²) in [6.45, 7) is 1.96. The highest BCUT2D eigenvalue weighted by Gasteiger charge is 1.98. The summed E-state index contributed by atoms with van der Waals surface area (Å²) in [4.78, 5) is 0. The Bertz CT molecular complexity index is 336. The SMILES string of the molecule is C1=CCC(CNCc2ccccc2)=C1. The van der Waals surface area contributed by atoms with E-state index in [0.29, 0.717) is 0 Å². The standard InChI is InChI=1S/C13H15N/c1-2-6-12(7-3-1)10-14-11-13-8-4-5-9-13/h1-8,14H,9-11H2. The van der Waals surface area contributed by atoms with E-state index in [1.807, 2.05) is 6.07 Å². The molecule has 1 heteroatoms. The zero-order valence-electron chi connectivity index (χ0n) is 8.24. The van der Waals surface area contributed by atoms with Gasteiger partial charge < -0.3 is 5.32 Å². The molecule has 0 bridgehead atoms. The van der Waals surface area contributed by atoms with Crippen LogP contribution in [0, 0.1) is 0 Å². The zero-order chi connectivity index (χ0) is 9.64. The third kappa shape index (κ3) is 2.57. The number of hydrogen-bond acceptors (Lipinski definition) is 1. The molecular formula is C13H15N. The molecule has 0 radical (unpaired) electrons. The molecule has 0 atom stereocenters. The highest BCUT2D eigenvalue weighted by Crippen LogP contribution is 2.08. The van der Waals surface area contributed by atoms with Gasteiger partial charge in [-0.25, -0.2) is 0 Å². The van der Waals surface area contributed by atoms with Crippen molar-refractivity contribution in [1.82, 2.24) is 5.32 Å². The summed E-state index contributed by atoms with van der Waals surface area (Å²) in [5, 5.41) is 3.44. The van der Waals surface area contributed by atoms with Crippen LogP contribution in [-0.4, -0.2) is 6.54 Å². The van der Waals surface area contributed by atoms with Crippen LogP contribution in [0.1, 0.15) is 12.0 Å². The largest absolute Gasteiger partial charge is 0.309 e. The summed E-state index contributed by atoms with van der Waals surface area (Å²) < 4.78 is 0. The van der Waals surface area contributed by atoms with E-state index in [9.17, 15) is 0 Å². The highest BCUT2D eigenvalue weighted by atomic mass is 14.8. The Labute approximate surface area is 85.2 Å². The fraction of sp³-hybridized carbons (Fsp3) is 0.231. The number of rotatable bonds is 4. The van der Waals surface area contributed by atoms with Crippen LogP contribution >= 0.6 is 0 Å². The fourth-order valence-corrected chi connectivity index (χ4v) is 1.59. The second-order valence-electron chi connectivity index (χ2n) is 3.55. The second kappa shape index (κ2) is 4.77. The first-order chi connectivity index (χ1) is 6.95. The molecule has 1 aliphatic rings. The van der Waals surface area contributed by atoms with E-state index in [1.54, 1.807) is 0 Å². The molecule has 0 aromatic heterocycles. The smallest absolute Gasteiger partial charge is 0.0208 e. The normalized spacial score (nSPS) is 14.4. The van der Waals surface area contributed by atoms with Crippen molar-refractivity contribution in [2.24, 2.45) is 0 Å². The molecule has 1 aliphatic carbocycles. The lowest BCUT2D eigenvalue weighted by molar-refractivity contribution is 0.734. The van der Waals surface area contributed by atoms with Gasteiger partial charge in [0.05, 0.1) is 0 Å². The minimum Gasteiger partial charge on any atom is -0.309 e. The lowest BCUT2D eigenvalue weighted by Crippen LogP contribution is -2.15. The lowest BCUT2D eigenvalue weighted by Gasteiger charge is -2.05. The van der Waals surface area contributed by atoms with Gasteiger partial charge >= 0.3 is 0 Å². The molecule has 0 saturated heterocycles. The minimum absolute atomic E-state index is 0.957. The monoisotopic (exact) mass is 185 g/mol. The molecule has 14 heavy (non-hydrogen) atoms. The van der Waals surface area contributed by atoms with Gasteiger partial charge in [0.1, 0.15) is 0 Å². The molecule has 1 N–H and O–H groups in total. The maximum absolute atomic E-state index is 3.44. The van der Waals surface area contributed by atoms with E-state index in [1.165, 1.54) is 11.1 Å². The number of allylic oxidation sites excluding steroid dienone is 3. The molecule has 0 saturated carbocycles. The maximum atomic E-state index is 3.44. The van der Waals surface area contributed by atoms with E-state index >= 15 is 0 Å². The lowest BCUT2D eigenvalue weighted by atomic mass is 10.2. The summed E-state index contributed by atoms with van der Waals surface area (Å²) in [6, 6.07) is 10.5. The van der Waals surface area contributed by atoms with Crippen molar-refractivity contribution in [2.75, 3.05) is 6.54 Å². The molecule has 0 amide bonds. The van der Waals surface area contributed by atoms with Crippen LogP contribution < -0.4 is 5.32 Å². The predicted octanol–water partition coefficient (Wildman–Crippen LogP) is 2.66. The summed E-state index contributed by atoms with van der Waals surface area (Å²) in [5.41, 5.74) is 2.82. The average Bonchev–Trinajstić information content (AvgIpc) is 2.72. The van der Waals surface area contributed by atoms with Gasteiger partial charge in [0, 0.05) is 13.1 Å². The van der Waals surface area contributed by atoms with Crippen molar-refractivity contribution in [3.8, 4) is 0 Å². The van der Waals surface area contributed by atoms with Crippen LogP contribution in [0.4, 0.5) is 0 Å². The van der Waals surface area contributed by atoms with E-state index in [2.05, 4.69) is 47.8 Å². The van der Waals surface area contributed by atoms with Gasteiger partial charge in [-0.1, -0.05) is 54.1 Å². The molecule has 0 heterocycles. The maximum Gasteiger partial charge on any atom is 0.0208 e. The van der Waals surface area contributed by atoms with Gasteiger partial charge in [0.25, 0.3) is 0 Å². The Morgan fingerprint density at radius 1 is 1.07 bits per heavy atom. The average molecular weight is 185 g/mol. The first-order valence-corrected chi connectivity index (χ1v) is 5.04. The Kier molecular flexibility index (Phi) is 3.15. The summed E-state index contributed by atoms with van der Waals surface area (Å²) in [5.74, 6) is 0. The number of benzene rings is 1. The van der Waals surface area contributed by atoms with E-state index in [4.69, 9.17) is 0 Å². The van der Waals surface area contributed by atoms with Crippen molar-refractivity contribution in [1.29, 1.82) is 0 Å². The Balaban J connectivity index is 1.73. The third-order valence-electron chi connectivity index (χ3n) is 2.37. The fourth-order valence-electron chi connectivity index (χ4n) is 1.59. The molecule has 72 valence electrons. The van der Waals surface area contributed by atoms with Crippen LogP contribution in [0.2, 0.25) is 0 Å². The predicted molar refractivity (Wildman–Crippen MR) is 60.0 cm³/mol. The first-order valence-electron chi connectivity index (χ1n) is 5.04. The molecule has 0 aliphatic heterocycles. The van der Waals surface area contributed by atoms with Gasteiger partial charge in [-0.2, -0.15) is 0 Å². The van der Waals surface area contributed by atoms with Gasteiger partial charge in [-0.05, 0) is 12.0 Å². The van der Waals surface area contributed by atoms with E-state index < -0.39 is 0 Å². The number of hydrogen-bond donors (Lipinski definition) is 1. The van der Waals surface area contributed by atoms with Crippen LogP contribution in [0.25, 0.3) is 0 Å². The third-order valence-corrected chi connectivity index (χ3v) is 2.37. The van der Waals surface area contributed by atoms with E-state index in [-0.39, 0.29) is 0 Å². The van der Waals surface area contributed by atoms with Gasteiger partial charge in [-0.3, -0.25) is 0 Å². The Morgan fingerprint density at radius 2 is 1.93 bits per heavy atom. The van der Waals surface area contributed by atoms with Crippen molar-refractivity contribution >= 4 is 0 Å². The topological polar surface area (TPSA) is 12.0 Å². The molecular weight excluding hydrogens is 170 g/mol. The van der Waals surface area contributed by atoms with Gasteiger partial charge in [0.15, 0.2) is 0 Å². The van der Waals surface area contributed by atoms with Crippen LogP contribution in [-0.2, 0) is 6.54 Å². The van der Waals surface area contributed by atoms with Crippen molar-refractivity contribution in [2.45, 2.75) is 13.0 Å². The molecule has 1 aromatic carbocycles. The zero-order valence-corrected chi connectivity index (χ0v) is 8.24. The second-order valence-corrected chi connectivity index (χ2v) is 3.55. The Hall–Kier alpha value is -1.34. The highest BCUT2D eigenvalue weighted by molar-refractivity contribution is 5.24. The molecule has 0 fully saturated rings. The summed E-state index contributed by atoms with van der Waals surface area (Å²) in [6.07, 6.45) is 7.62. The summed E-state index contributed by atoms with van der Waals surface area (Å²) in [7, 11) is 0.